The summed E-state index contributed by atoms with van der Waals surface area (Å²) < 4.78 is 4.49. The number of nitrogens with one attached hydrogen (secondary N) is 3. The van der Waals surface area contributed by atoms with Gasteiger partial charge in [0.25, 0.3) is 0 Å². The number of aromatic nitrogens is 2. The molecular formula is C22H41N5O4S. The Hall–Kier alpha value is -2.07. The molecule has 0 spiro atoms. The summed E-state index contributed by atoms with van der Waals surface area (Å²) in [6, 6.07) is -0.500. The second-order valence-corrected chi connectivity index (χ2v) is 8.28. The highest BCUT2D eigenvalue weighted by molar-refractivity contribution is 7.98. The number of hydrogen-bond acceptors (Lipinski definition) is 7. The van der Waals surface area contributed by atoms with Crippen molar-refractivity contribution >= 4 is 30.0 Å². The first-order valence-corrected chi connectivity index (χ1v) is 12.6. The van der Waals surface area contributed by atoms with Crippen molar-refractivity contribution in [1.82, 2.24) is 25.5 Å². The number of aromatic amines is 1. The van der Waals surface area contributed by atoms with Gasteiger partial charge in [-0.2, -0.15) is 11.8 Å². The number of hydrogen-bond donors (Lipinski definition) is 3. The molecule has 0 saturated carbocycles. The molecule has 1 aliphatic rings. The molecular weight excluding hydrogens is 430 g/mol. The predicted molar refractivity (Wildman–Crippen MR) is 130 cm³/mol. The first-order chi connectivity index (χ1) is 15.5. The number of imidazole rings is 1. The zero-order valence-electron chi connectivity index (χ0n) is 20.0. The third kappa shape index (κ3) is 15.7. The van der Waals surface area contributed by atoms with Gasteiger partial charge in [-0.25, -0.2) is 9.78 Å². The van der Waals surface area contributed by atoms with Crippen LogP contribution in [0, 0.1) is 0 Å². The Morgan fingerprint density at radius 1 is 1.31 bits per heavy atom. The topological polar surface area (TPSA) is 116 Å². The number of carbonyl (C=O) groups is 3. The van der Waals surface area contributed by atoms with Crippen LogP contribution in [0.5, 0.6) is 0 Å². The molecule has 1 fully saturated rings. The lowest BCUT2D eigenvalue weighted by atomic mass is 10.2. The van der Waals surface area contributed by atoms with Gasteiger partial charge in [-0.15, -0.1) is 0 Å². The minimum Gasteiger partial charge on any atom is -0.467 e. The maximum absolute atomic E-state index is 11.5. The Kier molecular flexibility index (Phi) is 19.5. The Morgan fingerprint density at radius 2 is 2.00 bits per heavy atom. The molecule has 1 atom stereocenters. The summed E-state index contributed by atoms with van der Waals surface area (Å²) in [5.74, 6) is 0.486. The largest absolute Gasteiger partial charge is 0.467 e. The van der Waals surface area contributed by atoms with Crippen molar-refractivity contribution in [3.63, 3.8) is 0 Å². The monoisotopic (exact) mass is 471 g/mol. The van der Waals surface area contributed by atoms with Crippen LogP contribution >= 0.6 is 11.8 Å². The molecule has 32 heavy (non-hydrogen) atoms. The van der Waals surface area contributed by atoms with Crippen molar-refractivity contribution < 1.29 is 19.1 Å². The van der Waals surface area contributed by atoms with Gasteiger partial charge in [-0.1, -0.05) is 26.7 Å². The smallest absolute Gasteiger partial charge is 0.328 e. The zero-order valence-corrected chi connectivity index (χ0v) is 20.8. The molecule has 2 heterocycles. The van der Waals surface area contributed by atoms with E-state index in [4.69, 9.17) is 0 Å². The van der Waals surface area contributed by atoms with E-state index in [1.54, 1.807) is 24.3 Å². The van der Waals surface area contributed by atoms with Crippen LogP contribution in [0.15, 0.2) is 12.5 Å². The lowest BCUT2D eigenvalue weighted by Crippen LogP contribution is -2.37. The maximum Gasteiger partial charge on any atom is 0.328 e. The number of rotatable bonds is 12. The molecule has 0 bridgehead atoms. The van der Waals surface area contributed by atoms with Crippen LogP contribution in [-0.2, 0) is 25.5 Å². The highest BCUT2D eigenvalue weighted by Crippen LogP contribution is 2.05. The second-order valence-electron chi connectivity index (χ2n) is 7.29. The second kappa shape index (κ2) is 20.8. The van der Waals surface area contributed by atoms with Gasteiger partial charge in [0.05, 0.1) is 19.9 Å². The van der Waals surface area contributed by atoms with Crippen molar-refractivity contribution in [2.75, 3.05) is 45.3 Å². The molecule has 2 rings (SSSR count). The van der Waals surface area contributed by atoms with E-state index in [0.29, 0.717) is 19.3 Å². The average Bonchev–Trinajstić information content (AvgIpc) is 3.51. The molecule has 0 radical (unpaired) electrons. The molecule has 0 aromatic carbocycles. The molecule has 9 nitrogen and oxygen atoms in total. The number of methoxy groups -OCH3 is 1. The maximum atomic E-state index is 11.5. The molecule has 1 aromatic rings. The van der Waals surface area contributed by atoms with Crippen molar-refractivity contribution in [3.05, 3.63) is 18.2 Å². The minimum atomic E-state index is -0.500. The van der Waals surface area contributed by atoms with Gasteiger partial charge < -0.3 is 25.3 Å². The molecule has 2 amide bonds. The molecule has 1 aliphatic heterocycles. The van der Waals surface area contributed by atoms with Crippen LogP contribution in [0.1, 0.15) is 51.6 Å². The van der Waals surface area contributed by atoms with Crippen molar-refractivity contribution in [3.8, 4) is 0 Å². The SMILES string of the molecule is CCCC.COC(=O)[C@H](CCSC)NC=O.O=C(Cc1cnc[nH]1)NCCN1CCCC1. The lowest BCUT2D eigenvalue weighted by Gasteiger charge is -2.14. The number of thioether (sulfide) groups is 1. The van der Waals surface area contributed by atoms with E-state index in [1.807, 2.05) is 6.26 Å². The third-order valence-corrected chi connectivity index (χ3v) is 5.36. The van der Waals surface area contributed by atoms with Gasteiger partial charge in [-0.05, 0) is 44.4 Å². The molecule has 3 N–H and O–H groups in total. The molecule has 1 saturated heterocycles. The first-order valence-electron chi connectivity index (χ1n) is 11.2. The summed E-state index contributed by atoms with van der Waals surface area (Å²) in [7, 11) is 1.31. The summed E-state index contributed by atoms with van der Waals surface area (Å²) in [5, 5.41) is 5.32. The summed E-state index contributed by atoms with van der Waals surface area (Å²) in [4.78, 5) is 41.7. The number of ether oxygens (including phenoxy) is 1. The van der Waals surface area contributed by atoms with E-state index in [-0.39, 0.29) is 5.91 Å². The zero-order chi connectivity index (χ0) is 24.0. The number of amides is 2. The fraction of sp³-hybridized carbons (Fsp3) is 0.727. The van der Waals surface area contributed by atoms with E-state index in [9.17, 15) is 14.4 Å². The molecule has 184 valence electrons. The highest BCUT2D eigenvalue weighted by atomic mass is 32.2. The highest BCUT2D eigenvalue weighted by Gasteiger charge is 2.16. The molecule has 1 aromatic heterocycles. The van der Waals surface area contributed by atoms with Crippen LogP contribution in [-0.4, -0.2) is 84.5 Å². The van der Waals surface area contributed by atoms with E-state index in [1.165, 1.54) is 45.9 Å². The van der Waals surface area contributed by atoms with Crippen LogP contribution in [0.25, 0.3) is 0 Å². The fourth-order valence-corrected chi connectivity index (χ4v) is 3.18. The normalized spacial score (nSPS) is 13.6. The van der Waals surface area contributed by atoms with Gasteiger partial charge in [0.15, 0.2) is 0 Å². The van der Waals surface area contributed by atoms with Crippen LogP contribution in [0.4, 0.5) is 0 Å². The lowest BCUT2D eigenvalue weighted by molar-refractivity contribution is -0.144. The van der Waals surface area contributed by atoms with E-state index in [0.717, 1.165) is 24.5 Å². The van der Waals surface area contributed by atoms with Crippen LogP contribution in [0.3, 0.4) is 0 Å². The number of H-pyrrole nitrogens is 1. The quantitative estimate of drug-likeness (QED) is 0.315. The number of carbonyl (C=O) groups excluding carboxylic acids is 3. The summed E-state index contributed by atoms with van der Waals surface area (Å²) in [6.45, 7) is 8.43. The van der Waals surface area contributed by atoms with Gasteiger partial charge in [0.2, 0.25) is 12.3 Å². The summed E-state index contributed by atoms with van der Waals surface area (Å²) >= 11 is 1.62. The van der Waals surface area contributed by atoms with Crippen molar-refractivity contribution in [2.24, 2.45) is 0 Å². The summed E-state index contributed by atoms with van der Waals surface area (Å²) in [5.41, 5.74) is 0.860. The van der Waals surface area contributed by atoms with Crippen LogP contribution in [0.2, 0.25) is 0 Å². The Morgan fingerprint density at radius 3 is 2.50 bits per heavy atom. The first kappa shape index (κ1) is 29.9. The van der Waals surface area contributed by atoms with Crippen molar-refractivity contribution in [1.29, 1.82) is 0 Å². The third-order valence-electron chi connectivity index (χ3n) is 4.72. The average molecular weight is 472 g/mol. The molecule has 10 heteroatoms. The Balaban J connectivity index is 0.000000533. The molecule has 0 unspecified atom stereocenters. The number of esters is 1. The predicted octanol–water partition coefficient (Wildman–Crippen LogP) is 2.00. The Bertz CT molecular complexity index is 593. The fourth-order valence-electron chi connectivity index (χ4n) is 2.71. The van der Waals surface area contributed by atoms with Gasteiger partial charge in [0, 0.05) is 25.0 Å². The number of unbranched alkanes of at least 4 members (excludes halogenated alkanes) is 1. The van der Waals surface area contributed by atoms with E-state index in [2.05, 4.69) is 44.1 Å². The van der Waals surface area contributed by atoms with Crippen LogP contribution < -0.4 is 10.6 Å². The molecule has 0 aliphatic carbocycles. The number of nitrogens with zero attached hydrogens (tertiary/aromatic N) is 2. The standard InChI is InChI=1S/C11H18N4O.C7H13NO3S.C4H10/c16-11(7-10-8-12-9-14-10)13-3-6-15-4-1-2-5-15;1-11-7(10)6(8-5-9)3-4-12-2;1-3-4-2/h8-9H,1-7H2,(H,12,14)(H,13,16);5-6H,3-4H2,1-2H3,(H,8,9);3-4H2,1-2H3/t;6-;/m.0./s1. The van der Waals surface area contributed by atoms with Gasteiger partial charge >= 0.3 is 5.97 Å². The van der Waals surface area contributed by atoms with E-state index < -0.39 is 12.0 Å². The Labute approximate surface area is 196 Å². The van der Waals surface area contributed by atoms with Gasteiger partial charge in [-0.3, -0.25) is 9.59 Å². The van der Waals surface area contributed by atoms with E-state index >= 15 is 0 Å². The minimum absolute atomic E-state index is 0.0587. The summed E-state index contributed by atoms with van der Waals surface area (Å²) in [6.07, 6.45) is 11.9. The van der Waals surface area contributed by atoms with Crippen molar-refractivity contribution in [2.45, 2.75) is 58.4 Å². The number of likely N-dealkylation sites (tertiary alicyclic amines) is 1. The van der Waals surface area contributed by atoms with Gasteiger partial charge in [0.1, 0.15) is 6.04 Å².